The van der Waals surface area contributed by atoms with Gasteiger partial charge in [-0.2, -0.15) is 0 Å². The number of rotatable bonds is 3. The molecule has 18 heavy (non-hydrogen) atoms. The molecule has 0 amide bonds. The third kappa shape index (κ3) is 2.82. The maximum absolute atomic E-state index is 13.1. The van der Waals surface area contributed by atoms with Crippen LogP contribution < -0.4 is 11.3 Å². The van der Waals surface area contributed by atoms with Gasteiger partial charge in [-0.3, -0.25) is 5.84 Å². The minimum atomic E-state index is -0.456. The topological polar surface area (TPSA) is 38.0 Å². The molecule has 1 unspecified atom stereocenters. The Balaban J connectivity index is 2.42. The van der Waals surface area contributed by atoms with Crippen LogP contribution in [-0.2, 0) is 0 Å². The third-order valence-electron chi connectivity index (χ3n) is 2.63. The molecule has 94 valence electrons. The molecule has 0 bridgehead atoms. The van der Waals surface area contributed by atoms with Crippen molar-refractivity contribution in [1.29, 1.82) is 0 Å². The molecule has 0 radical (unpaired) electrons. The van der Waals surface area contributed by atoms with Gasteiger partial charge < -0.3 is 0 Å². The quantitative estimate of drug-likeness (QED) is 0.666. The van der Waals surface area contributed by atoms with Gasteiger partial charge in [-0.15, -0.1) is 0 Å². The zero-order valence-electron chi connectivity index (χ0n) is 9.33. The van der Waals surface area contributed by atoms with Gasteiger partial charge in [-0.1, -0.05) is 41.4 Å². The maximum atomic E-state index is 13.1. The number of hydrogen-bond donors (Lipinski definition) is 2. The summed E-state index contributed by atoms with van der Waals surface area (Å²) in [6.45, 7) is 0. The second-order valence-electron chi connectivity index (χ2n) is 3.83. The number of nitrogens with two attached hydrogens (primary N) is 1. The molecule has 2 nitrogen and oxygen atoms in total. The summed E-state index contributed by atoms with van der Waals surface area (Å²) in [7, 11) is 0. The number of hydrogen-bond acceptors (Lipinski definition) is 2. The monoisotopic (exact) mass is 284 g/mol. The summed E-state index contributed by atoms with van der Waals surface area (Å²) >= 11 is 11.7. The molecule has 2 rings (SSSR count). The Hall–Kier alpha value is -1.13. The molecule has 5 heteroatoms. The van der Waals surface area contributed by atoms with Crippen LogP contribution in [0.5, 0.6) is 0 Å². The average molecular weight is 285 g/mol. The average Bonchev–Trinajstić information content (AvgIpc) is 2.35. The van der Waals surface area contributed by atoms with Crippen LogP contribution in [0.4, 0.5) is 4.39 Å². The number of benzene rings is 2. The Kier molecular flexibility index (Phi) is 4.19. The highest BCUT2D eigenvalue weighted by Crippen LogP contribution is 2.26. The van der Waals surface area contributed by atoms with Gasteiger partial charge in [-0.25, -0.2) is 9.82 Å². The molecule has 0 aromatic heterocycles. The van der Waals surface area contributed by atoms with E-state index < -0.39 is 5.82 Å². The van der Waals surface area contributed by atoms with Crippen LogP contribution in [0.3, 0.4) is 0 Å². The van der Waals surface area contributed by atoms with Gasteiger partial charge in [0.2, 0.25) is 0 Å². The van der Waals surface area contributed by atoms with Gasteiger partial charge in [0.15, 0.2) is 0 Å². The predicted octanol–water partition coefficient (Wildman–Crippen LogP) is 3.69. The lowest BCUT2D eigenvalue weighted by molar-refractivity contribution is 0.616. The molecule has 3 N–H and O–H groups in total. The van der Waals surface area contributed by atoms with Crippen LogP contribution in [-0.4, -0.2) is 0 Å². The molecular weight excluding hydrogens is 274 g/mol. The summed E-state index contributed by atoms with van der Waals surface area (Å²) in [5.41, 5.74) is 4.32. The Morgan fingerprint density at radius 2 is 1.78 bits per heavy atom. The van der Waals surface area contributed by atoms with E-state index in [0.717, 1.165) is 11.1 Å². The molecule has 0 aliphatic carbocycles. The highest BCUT2D eigenvalue weighted by molar-refractivity contribution is 6.31. The largest absolute Gasteiger partial charge is 0.271 e. The summed E-state index contributed by atoms with van der Waals surface area (Å²) in [5, 5.41) is 0.677. The molecule has 0 saturated heterocycles. The van der Waals surface area contributed by atoms with Crippen molar-refractivity contribution in [3.63, 3.8) is 0 Å². The van der Waals surface area contributed by atoms with Crippen molar-refractivity contribution in [1.82, 2.24) is 5.43 Å². The van der Waals surface area contributed by atoms with Gasteiger partial charge in [0.25, 0.3) is 0 Å². The van der Waals surface area contributed by atoms with E-state index in [0.29, 0.717) is 5.02 Å². The summed E-state index contributed by atoms with van der Waals surface area (Å²) in [6.07, 6.45) is 0. The minimum Gasteiger partial charge on any atom is -0.271 e. The van der Waals surface area contributed by atoms with Gasteiger partial charge in [0.1, 0.15) is 5.82 Å². The Bertz CT molecular complexity index is 560. The van der Waals surface area contributed by atoms with Gasteiger partial charge in [0.05, 0.1) is 11.1 Å². The van der Waals surface area contributed by atoms with Crippen molar-refractivity contribution in [3.05, 3.63) is 69.5 Å². The second kappa shape index (κ2) is 5.67. The van der Waals surface area contributed by atoms with E-state index in [-0.39, 0.29) is 11.1 Å². The lowest BCUT2D eigenvalue weighted by Gasteiger charge is -2.17. The highest BCUT2D eigenvalue weighted by Gasteiger charge is 2.14. The SMILES string of the molecule is NNC(c1cccc(Cl)c1)c1ccc(F)c(Cl)c1. The van der Waals surface area contributed by atoms with Crippen molar-refractivity contribution in [2.45, 2.75) is 6.04 Å². The third-order valence-corrected chi connectivity index (χ3v) is 3.15. The first kappa shape index (κ1) is 13.3. The zero-order valence-corrected chi connectivity index (χ0v) is 10.8. The Labute approximate surface area is 114 Å². The van der Waals surface area contributed by atoms with Crippen LogP contribution in [0.2, 0.25) is 10.0 Å². The van der Waals surface area contributed by atoms with Crippen molar-refractivity contribution in [3.8, 4) is 0 Å². The number of hydrazine groups is 1. The molecule has 0 aliphatic rings. The summed E-state index contributed by atoms with van der Waals surface area (Å²) in [5.74, 6) is 5.09. The molecule has 0 aliphatic heterocycles. The lowest BCUT2D eigenvalue weighted by atomic mass is 9.99. The van der Waals surface area contributed by atoms with E-state index in [2.05, 4.69) is 5.43 Å². The van der Waals surface area contributed by atoms with E-state index >= 15 is 0 Å². The van der Waals surface area contributed by atoms with Crippen molar-refractivity contribution >= 4 is 23.2 Å². The Morgan fingerprint density at radius 1 is 1.06 bits per heavy atom. The van der Waals surface area contributed by atoms with Crippen molar-refractivity contribution in [2.75, 3.05) is 0 Å². The van der Waals surface area contributed by atoms with Gasteiger partial charge in [0, 0.05) is 5.02 Å². The van der Waals surface area contributed by atoms with E-state index in [1.807, 2.05) is 12.1 Å². The highest BCUT2D eigenvalue weighted by atomic mass is 35.5. The fourth-order valence-electron chi connectivity index (χ4n) is 1.76. The lowest BCUT2D eigenvalue weighted by Crippen LogP contribution is -2.28. The van der Waals surface area contributed by atoms with Crippen LogP contribution >= 0.6 is 23.2 Å². The first-order chi connectivity index (χ1) is 8.61. The fourth-order valence-corrected chi connectivity index (χ4v) is 2.15. The van der Waals surface area contributed by atoms with Crippen molar-refractivity contribution in [2.24, 2.45) is 5.84 Å². The zero-order chi connectivity index (χ0) is 13.1. The minimum absolute atomic E-state index is 0.0646. The van der Waals surface area contributed by atoms with E-state index in [1.54, 1.807) is 24.3 Å². The Morgan fingerprint density at radius 3 is 2.39 bits per heavy atom. The van der Waals surface area contributed by atoms with Gasteiger partial charge >= 0.3 is 0 Å². The molecule has 0 fully saturated rings. The van der Waals surface area contributed by atoms with E-state index in [1.165, 1.54) is 6.07 Å². The van der Waals surface area contributed by atoms with Gasteiger partial charge in [-0.05, 0) is 35.4 Å². The predicted molar refractivity (Wildman–Crippen MR) is 72.0 cm³/mol. The number of nitrogens with one attached hydrogen (secondary N) is 1. The van der Waals surface area contributed by atoms with E-state index in [9.17, 15) is 4.39 Å². The molecule has 0 saturated carbocycles. The van der Waals surface area contributed by atoms with Crippen molar-refractivity contribution < 1.29 is 4.39 Å². The molecular formula is C13H11Cl2FN2. The molecule has 2 aromatic carbocycles. The summed E-state index contributed by atoms with van der Waals surface area (Å²) in [6, 6.07) is 11.5. The fraction of sp³-hybridized carbons (Fsp3) is 0.0769. The smallest absolute Gasteiger partial charge is 0.141 e. The van der Waals surface area contributed by atoms with E-state index in [4.69, 9.17) is 29.0 Å². The summed E-state index contributed by atoms with van der Waals surface area (Å²) in [4.78, 5) is 0. The maximum Gasteiger partial charge on any atom is 0.141 e. The van der Waals surface area contributed by atoms with Crippen LogP contribution in [0.1, 0.15) is 17.2 Å². The molecule has 0 heterocycles. The first-order valence-electron chi connectivity index (χ1n) is 5.28. The normalized spacial score (nSPS) is 12.4. The van der Waals surface area contributed by atoms with Crippen LogP contribution in [0.15, 0.2) is 42.5 Å². The molecule has 1 atom stereocenters. The first-order valence-corrected chi connectivity index (χ1v) is 6.04. The second-order valence-corrected chi connectivity index (χ2v) is 4.67. The van der Waals surface area contributed by atoms with Crippen LogP contribution in [0, 0.1) is 5.82 Å². The van der Waals surface area contributed by atoms with Crippen LogP contribution in [0.25, 0.3) is 0 Å². The molecule has 2 aromatic rings. The number of halogens is 3. The summed E-state index contributed by atoms with van der Waals surface area (Å²) < 4.78 is 13.1. The molecule has 0 spiro atoms. The standard InChI is InChI=1S/C13H11Cl2FN2/c14-10-3-1-2-8(6-10)13(18-17)9-4-5-12(16)11(15)7-9/h1-7,13,18H,17H2.